The summed E-state index contributed by atoms with van der Waals surface area (Å²) < 4.78 is 23.5. The van der Waals surface area contributed by atoms with E-state index in [4.69, 9.17) is 9.47 Å². The van der Waals surface area contributed by atoms with Crippen LogP contribution in [0.1, 0.15) is 12.5 Å². The van der Waals surface area contributed by atoms with Gasteiger partial charge in [-0.15, -0.1) is 0 Å². The van der Waals surface area contributed by atoms with Crippen molar-refractivity contribution >= 4 is 0 Å². The second kappa shape index (κ2) is 4.96. The summed E-state index contributed by atoms with van der Waals surface area (Å²) in [7, 11) is 1.59. The SMILES string of the molecule is COCC(C)Oc1cc(C)ccc1F. The maximum absolute atomic E-state index is 13.2. The van der Waals surface area contributed by atoms with Crippen LogP contribution < -0.4 is 4.74 Å². The van der Waals surface area contributed by atoms with Crippen molar-refractivity contribution in [2.45, 2.75) is 20.0 Å². The first-order valence-corrected chi connectivity index (χ1v) is 4.55. The molecule has 1 aromatic rings. The Balaban J connectivity index is 2.70. The lowest BCUT2D eigenvalue weighted by molar-refractivity contribution is 0.0892. The van der Waals surface area contributed by atoms with Gasteiger partial charge < -0.3 is 9.47 Å². The van der Waals surface area contributed by atoms with E-state index in [-0.39, 0.29) is 17.7 Å². The van der Waals surface area contributed by atoms with E-state index < -0.39 is 0 Å². The summed E-state index contributed by atoms with van der Waals surface area (Å²) in [6.45, 7) is 4.19. The van der Waals surface area contributed by atoms with Gasteiger partial charge in [0, 0.05) is 7.11 Å². The van der Waals surface area contributed by atoms with Crippen LogP contribution in [-0.4, -0.2) is 19.8 Å². The largest absolute Gasteiger partial charge is 0.485 e. The van der Waals surface area contributed by atoms with Gasteiger partial charge >= 0.3 is 0 Å². The lowest BCUT2D eigenvalue weighted by atomic mass is 10.2. The zero-order chi connectivity index (χ0) is 10.6. The molecular formula is C11H15FO2. The average molecular weight is 198 g/mol. The quantitative estimate of drug-likeness (QED) is 0.740. The molecule has 1 aromatic carbocycles. The van der Waals surface area contributed by atoms with Crippen molar-refractivity contribution < 1.29 is 13.9 Å². The van der Waals surface area contributed by atoms with Crippen LogP contribution in [0.25, 0.3) is 0 Å². The third-order valence-electron chi connectivity index (χ3n) is 1.82. The predicted molar refractivity (Wildman–Crippen MR) is 53.1 cm³/mol. The van der Waals surface area contributed by atoms with Gasteiger partial charge in [-0.25, -0.2) is 4.39 Å². The molecule has 0 N–H and O–H groups in total. The molecule has 14 heavy (non-hydrogen) atoms. The van der Waals surface area contributed by atoms with Crippen molar-refractivity contribution in [1.82, 2.24) is 0 Å². The van der Waals surface area contributed by atoms with Gasteiger partial charge in [0.25, 0.3) is 0 Å². The van der Waals surface area contributed by atoms with Gasteiger partial charge in [-0.3, -0.25) is 0 Å². The third kappa shape index (κ3) is 3.00. The molecule has 0 spiro atoms. The average Bonchev–Trinajstić information content (AvgIpc) is 2.12. The molecule has 78 valence electrons. The van der Waals surface area contributed by atoms with Crippen molar-refractivity contribution in [2.24, 2.45) is 0 Å². The van der Waals surface area contributed by atoms with Gasteiger partial charge in [0.05, 0.1) is 6.61 Å². The highest BCUT2D eigenvalue weighted by molar-refractivity contribution is 5.29. The molecule has 0 aliphatic carbocycles. The first-order chi connectivity index (χ1) is 6.63. The molecule has 0 saturated heterocycles. The number of benzene rings is 1. The number of halogens is 1. The number of methoxy groups -OCH3 is 1. The second-order valence-electron chi connectivity index (χ2n) is 3.32. The lowest BCUT2D eigenvalue weighted by Gasteiger charge is -2.14. The molecule has 2 nitrogen and oxygen atoms in total. The minimum Gasteiger partial charge on any atom is -0.485 e. The van der Waals surface area contributed by atoms with Crippen molar-refractivity contribution in [3.8, 4) is 5.75 Å². The third-order valence-corrected chi connectivity index (χ3v) is 1.82. The summed E-state index contributed by atoms with van der Waals surface area (Å²) in [5.74, 6) is -0.0481. The molecule has 1 atom stereocenters. The Morgan fingerprint density at radius 2 is 2.14 bits per heavy atom. The summed E-state index contributed by atoms with van der Waals surface area (Å²) >= 11 is 0. The van der Waals surface area contributed by atoms with Crippen molar-refractivity contribution in [2.75, 3.05) is 13.7 Å². The van der Waals surface area contributed by atoms with E-state index in [2.05, 4.69) is 0 Å². The van der Waals surface area contributed by atoms with E-state index in [1.54, 1.807) is 19.2 Å². The molecule has 1 rings (SSSR count). The Kier molecular flexibility index (Phi) is 3.89. The molecule has 0 saturated carbocycles. The van der Waals surface area contributed by atoms with Crippen LogP contribution in [-0.2, 0) is 4.74 Å². The molecule has 0 radical (unpaired) electrons. The number of hydrogen-bond acceptors (Lipinski definition) is 2. The molecule has 0 aromatic heterocycles. The summed E-state index contributed by atoms with van der Waals surface area (Å²) in [6, 6.07) is 4.80. The van der Waals surface area contributed by atoms with Crippen LogP contribution in [0.4, 0.5) is 4.39 Å². The fourth-order valence-corrected chi connectivity index (χ4v) is 1.19. The van der Waals surface area contributed by atoms with Crippen molar-refractivity contribution in [3.63, 3.8) is 0 Å². The number of ether oxygens (including phenoxy) is 2. The first-order valence-electron chi connectivity index (χ1n) is 4.55. The molecular weight excluding hydrogens is 183 g/mol. The predicted octanol–water partition coefficient (Wildman–Crippen LogP) is 2.55. The van der Waals surface area contributed by atoms with Gasteiger partial charge in [-0.2, -0.15) is 0 Å². The van der Waals surface area contributed by atoms with Gasteiger partial charge in [0.1, 0.15) is 6.10 Å². The van der Waals surface area contributed by atoms with E-state index in [9.17, 15) is 4.39 Å². The molecule has 0 aliphatic heterocycles. The Hall–Kier alpha value is -1.09. The van der Waals surface area contributed by atoms with E-state index >= 15 is 0 Å². The minimum atomic E-state index is -0.335. The molecule has 0 heterocycles. The summed E-state index contributed by atoms with van der Waals surface area (Å²) in [4.78, 5) is 0. The number of rotatable bonds is 4. The van der Waals surface area contributed by atoms with Crippen LogP contribution in [0.5, 0.6) is 5.75 Å². The Bertz CT molecular complexity index is 299. The Morgan fingerprint density at radius 3 is 2.79 bits per heavy atom. The van der Waals surface area contributed by atoms with Crippen molar-refractivity contribution in [1.29, 1.82) is 0 Å². The maximum Gasteiger partial charge on any atom is 0.165 e. The highest BCUT2D eigenvalue weighted by Gasteiger charge is 2.07. The molecule has 3 heteroatoms. The van der Waals surface area contributed by atoms with E-state index in [1.165, 1.54) is 6.07 Å². The smallest absolute Gasteiger partial charge is 0.165 e. The first kappa shape index (κ1) is 11.0. The number of hydrogen-bond donors (Lipinski definition) is 0. The molecule has 1 unspecified atom stereocenters. The van der Waals surface area contributed by atoms with Crippen LogP contribution in [0, 0.1) is 12.7 Å². The van der Waals surface area contributed by atoms with Gasteiger partial charge in [-0.1, -0.05) is 6.07 Å². The fraction of sp³-hybridized carbons (Fsp3) is 0.455. The summed E-state index contributed by atoms with van der Waals surface area (Å²) in [6.07, 6.45) is -0.142. The van der Waals surface area contributed by atoms with Gasteiger partial charge in [0.15, 0.2) is 11.6 Å². The van der Waals surface area contributed by atoms with Gasteiger partial charge in [0.2, 0.25) is 0 Å². The molecule has 0 amide bonds. The second-order valence-corrected chi connectivity index (χ2v) is 3.32. The summed E-state index contributed by atoms with van der Waals surface area (Å²) in [5, 5.41) is 0. The van der Waals surface area contributed by atoms with E-state index in [0.29, 0.717) is 6.61 Å². The molecule has 0 aliphatic rings. The monoisotopic (exact) mass is 198 g/mol. The van der Waals surface area contributed by atoms with Crippen LogP contribution >= 0.6 is 0 Å². The maximum atomic E-state index is 13.2. The highest BCUT2D eigenvalue weighted by Crippen LogP contribution is 2.19. The molecule has 0 bridgehead atoms. The summed E-state index contributed by atoms with van der Waals surface area (Å²) in [5.41, 5.74) is 0.978. The fourth-order valence-electron chi connectivity index (χ4n) is 1.19. The van der Waals surface area contributed by atoms with Crippen LogP contribution in [0.15, 0.2) is 18.2 Å². The number of aryl methyl sites for hydroxylation is 1. The highest BCUT2D eigenvalue weighted by atomic mass is 19.1. The van der Waals surface area contributed by atoms with Crippen LogP contribution in [0.3, 0.4) is 0 Å². The van der Waals surface area contributed by atoms with Crippen LogP contribution in [0.2, 0.25) is 0 Å². The topological polar surface area (TPSA) is 18.5 Å². The lowest BCUT2D eigenvalue weighted by Crippen LogP contribution is -2.18. The van der Waals surface area contributed by atoms with Gasteiger partial charge in [-0.05, 0) is 31.5 Å². The minimum absolute atomic E-state index is 0.142. The van der Waals surface area contributed by atoms with Crippen molar-refractivity contribution in [3.05, 3.63) is 29.6 Å². The Morgan fingerprint density at radius 1 is 1.43 bits per heavy atom. The zero-order valence-electron chi connectivity index (χ0n) is 8.71. The zero-order valence-corrected chi connectivity index (χ0v) is 8.71. The standard InChI is InChI=1S/C11H15FO2/c1-8-4-5-10(12)11(6-8)14-9(2)7-13-3/h4-6,9H,7H2,1-3H3. The molecule has 0 fully saturated rings. The van der Waals surface area contributed by atoms with E-state index in [1.807, 2.05) is 13.8 Å². The Labute approximate surface area is 83.6 Å². The van der Waals surface area contributed by atoms with E-state index in [0.717, 1.165) is 5.56 Å². The normalized spacial score (nSPS) is 12.6.